The third-order valence-corrected chi connectivity index (χ3v) is 10.4. The summed E-state index contributed by atoms with van der Waals surface area (Å²) in [6.07, 6.45) is 5.71. The van der Waals surface area contributed by atoms with Crippen molar-refractivity contribution in [3.8, 4) is 0 Å². The van der Waals surface area contributed by atoms with Crippen LogP contribution < -0.4 is 4.57 Å². The minimum Gasteiger partial charge on any atom is -0.741 e. The molecule has 264 valence electrons. The van der Waals surface area contributed by atoms with E-state index in [0.717, 1.165) is 14.7 Å². The van der Waals surface area contributed by atoms with E-state index in [1.807, 2.05) is 30.1 Å². The molecule has 5 rings (SSSR count). The van der Waals surface area contributed by atoms with Crippen LogP contribution >= 0.6 is 23.1 Å². The third kappa shape index (κ3) is 7.68. The van der Waals surface area contributed by atoms with E-state index in [1.165, 1.54) is 40.5 Å². The van der Waals surface area contributed by atoms with E-state index < -0.39 is 38.5 Å². The number of amides is 1. The largest absolute Gasteiger partial charge is 0.741 e. The molecule has 0 saturated carbocycles. The van der Waals surface area contributed by atoms with Crippen LogP contribution in [0.15, 0.2) is 52.6 Å². The fraction of sp³-hybridized carbons (Fsp3) is 0.444. The van der Waals surface area contributed by atoms with Crippen molar-refractivity contribution in [2.75, 3.05) is 12.8 Å². The Bertz CT molecular complexity index is 1950. The van der Waals surface area contributed by atoms with Crippen LogP contribution in [0, 0.1) is 22.0 Å². The maximum Gasteiger partial charge on any atom is 0.485 e. The van der Waals surface area contributed by atoms with Crippen molar-refractivity contribution in [2.45, 2.75) is 56.1 Å². The zero-order chi connectivity index (χ0) is 36.4. The summed E-state index contributed by atoms with van der Waals surface area (Å²) in [5, 5.41) is 25.9. The number of rotatable bonds is 11. The number of aliphatic hydroxyl groups is 1. The van der Waals surface area contributed by atoms with E-state index >= 15 is 0 Å². The van der Waals surface area contributed by atoms with Crippen LogP contribution in [-0.4, -0.2) is 74.6 Å². The predicted octanol–water partition coefficient (Wildman–Crippen LogP) is 3.98. The molecule has 1 saturated heterocycles. The quantitative estimate of drug-likeness (QED) is 0.0241. The van der Waals surface area contributed by atoms with E-state index in [-0.39, 0.29) is 35.9 Å². The van der Waals surface area contributed by atoms with Gasteiger partial charge in [-0.3, -0.25) is 14.9 Å². The fourth-order valence-electron chi connectivity index (χ4n) is 5.59. The number of thioether (sulfide) groups is 1. The van der Waals surface area contributed by atoms with Gasteiger partial charge in [0.1, 0.15) is 18.5 Å². The molecule has 0 radical (unpaired) electrons. The van der Waals surface area contributed by atoms with Crippen molar-refractivity contribution < 1.29 is 55.1 Å². The number of hydrogen-bond acceptors (Lipinski definition) is 12. The van der Waals surface area contributed by atoms with Crippen molar-refractivity contribution in [3.63, 3.8) is 0 Å². The SMILES string of the molecule is CSc1c2sc(C3=C(C(=O)OCc4ccc([N+](=O)[O-])cc4)N4C(=O)[C@H]([C@@H](C)O)[C@H]4[C@H]3C)cn2c[n+]1CCCN=[N+]=[N-].O=S(=O)([O-])C(F)(F)F. The average molecular weight is 748 g/mol. The lowest BCUT2D eigenvalue weighted by Crippen LogP contribution is -2.63. The maximum atomic E-state index is 13.5. The molecule has 4 heterocycles. The first-order chi connectivity index (χ1) is 22.9. The maximum absolute atomic E-state index is 13.5. The Morgan fingerprint density at radius 2 is 1.96 bits per heavy atom. The first-order valence-corrected chi connectivity index (χ1v) is 17.6. The van der Waals surface area contributed by atoms with Gasteiger partial charge in [0.05, 0.1) is 34.4 Å². The highest BCUT2D eigenvalue weighted by Crippen LogP contribution is 2.52. The normalized spacial score (nSPS) is 19.5. The number of nitro benzene ring substituents is 1. The minimum absolute atomic E-state index is 0.0661. The number of aryl methyl sites for hydroxylation is 1. The Morgan fingerprint density at radius 3 is 2.49 bits per heavy atom. The number of nitro groups is 1. The lowest BCUT2D eigenvalue weighted by atomic mass is 9.77. The van der Waals surface area contributed by atoms with Gasteiger partial charge in [0.2, 0.25) is 15.8 Å². The number of non-ortho nitro benzene ring substituents is 1. The van der Waals surface area contributed by atoms with Crippen LogP contribution in [-0.2, 0) is 37.6 Å². The smallest absolute Gasteiger partial charge is 0.485 e. The van der Waals surface area contributed by atoms with Gasteiger partial charge >= 0.3 is 11.5 Å². The van der Waals surface area contributed by atoms with Crippen molar-refractivity contribution >= 4 is 61.2 Å². The molecule has 1 fully saturated rings. The molecule has 4 atom stereocenters. The number of fused-ring (bicyclic) bond motifs is 2. The van der Waals surface area contributed by atoms with E-state index in [2.05, 4.69) is 14.6 Å². The number of carbonyl (C=O) groups is 2. The number of halogens is 3. The summed E-state index contributed by atoms with van der Waals surface area (Å²) in [7, 11) is -6.09. The summed E-state index contributed by atoms with van der Waals surface area (Å²) in [6.45, 7) is 4.49. The van der Waals surface area contributed by atoms with E-state index in [4.69, 9.17) is 23.2 Å². The van der Waals surface area contributed by atoms with Gasteiger partial charge in [-0.1, -0.05) is 35.1 Å². The van der Waals surface area contributed by atoms with Crippen LogP contribution in [0.4, 0.5) is 18.9 Å². The Kier molecular flexibility index (Phi) is 11.3. The van der Waals surface area contributed by atoms with Gasteiger partial charge < -0.3 is 19.3 Å². The Balaban J connectivity index is 0.000000603. The number of nitrogens with zero attached hydrogens (tertiary/aromatic N) is 7. The number of hydrogen-bond donors (Lipinski definition) is 1. The Morgan fingerprint density at radius 1 is 1.33 bits per heavy atom. The number of alkyl halides is 3. The summed E-state index contributed by atoms with van der Waals surface area (Å²) >= 11 is 3.09. The Labute approximate surface area is 284 Å². The summed E-state index contributed by atoms with van der Waals surface area (Å²) in [4.78, 5) is 43.2. The van der Waals surface area contributed by atoms with E-state index in [9.17, 15) is 38.0 Å². The number of aromatic nitrogens is 2. The van der Waals surface area contributed by atoms with Crippen LogP contribution in [0.3, 0.4) is 0 Å². The lowest BCUT2D eigenvalue weighted by molar-refractivity contribution is -0.729. The molecule has 49 heavy (non-hydrogen) atoms. The molecule has 16 nitrogen and oxygen atoms in total. The number of azide groups is 1. The zero-order valence-corrected chi connectivity index (χ0v) is 28.3. The van der Waals surface area contributed by atoms with Crippen molar-refractivity contribution in [2.24, 2.45) is 17.0 Å². The van der Waals surface area contributed by atoms with Crippen LogP contribution in [0.1, 0.15) is 30.7 Å². The van der Waals surface area contributed by atoms with Gasteiger partial charge in [0, 0.05) is 35.1 Å². The number of benzene rings is 1. The molecule has 22 heteroatoms. The highest BCUT2D eigenvalue weighted by Gasteiger charge is 2.60. The fourth-order valence-corrected chi connectivity index (χ4v) is 7.80. The second-order valence-electron chi connectivity index (χ2n) is 10.8. The van der Waals surface area contributed by atoms with E-state index in [1.54, 1.807) is 18.7 Å². The molecule has 0 aliphatic carbocycles. The molecule has 2 aliphatic heterocycles. The number of imidazole rings is 1. The lowest BCUT2D eigenvalue weighted by Gasteiger charge is -2.46. The molecular formula is C27H28F3N7O9S3. The van der Waals surface area contributed by atoms with Crippen molar-refractivity contribution in [1.29, 1.82) is 0 Å². The first-order valence-electron chi connectivity index (χ1n) is 14.2. The number of thiazole rings is 1. The molecule has 2 aromatic heterocycles. The number of β-lactam (4-membered cyclic amide) rings is 1. The van der Waals surface area contributed by atoms with Gasteiger partial charge in [-0.2, -0.15) is 17.6 Å². The molecule has 1 aromatic carbocycles. The van der Waals surface area contributed by atoms with Crippen LogP contribution in [0.2, 0.25) is 0 Å². The number of ether oxygens (including phenoxy) is 1. The Hall–Kier alpha value is -4.21. The molecule has 1 amide bonds. The van der Waals surface area contributed by atoms with Gasteiger partial charge in [-0.25, -0.2) is 17.8 Å². The summed E-state index contributed by atoms with van der Waals surface area (Å²) < 4.78 is 68.6. The molecule has 0 bridgehead atoms. The standard InChI is InChI=1S/C26H28N7O6S2.CHF3O3S/c1-14-19(18-11-31-13-30(10-4-9-28-29-27)24(40-3)25(31)41-18)22(32-21(14)20(15(2)34)23(32)35)26(36)39-12-16-5-7-17(8-6-16)33(37)38;2-1(3,4)8(5,6)7/h5-8,11,13-15,20-21,34H,4,9-10,12H2,1-3H3;(H,5,6,7)/q+1;/p-1/t14-,15+,20+,21+;/m0./s1. The van der Waals surface area contributed by atoms with Gasteiger partial charge in [0.25, 0.3) is 12.0 Å². The minimum atomic E-state index is -6.09. The predicted molar refractivity (Wildman–Crippen MR) is 166 cm³/mol. The van der Waals surface area contributed by atoms with E-state index in [0.29, 0.717) is 30.6 Å². The molecule has 1 N–H and O–H groups in total. The van der Waals surface area contributed by atoms with Gasteiger partial charge in [-0.15, -0.1) is 0 Å². The molecular weight excluding hydrogens is 720 g/mol. The average Bonchev–Trinajstić information content (AvgIpc) is 3.64. The summed E-state index contributed by atoms with van der Waals surface area (Å²) in [5.74, 6) is -1.83. The summed E-state index contributed by atoms with van der Waals surface area (Å²) in [5.41, 5.74) is 4.26. The monoisotopic (exact) mass is 747 g/mol. The molecule has 0 unspecified atom stereocenters. The third-order valence-electron chi connectivity index (χ3n) is 7.75. The second kappa shape index (κ2) is 14.7. The molecule has 2 aliphatic rings. The topological polar surface area (TPSA) is 224 Å². The number of carbonyl (C=O) groups excluding carboxylic acids is 2. The number of esters is 1. The highest BCUT2D eigenvalue weighted by atomic mass is 32.2. The first kappa shape index (κ1) is 37.6. The van der Waals surface area contributed by atoms with Crippen LogP contribution in [0.25, 0.3) is 20.8 Å². The highest BCUT2D eigenvalue weighted by molar-refractivity contribution is 7.98. The molecule has 0 spiro atoms. The number of aliphatic hydroxyl groups excluding tert-OH is 1. The van der Waals surface area contributed by atoms with Gasteiger partial charge in [-0.05, 0) is 42.8 Å². The summed E-state index contributed by atoms with van der Waals surface area (Å²) in [6, 6.07) is 5.36. The van der Waals surface area contributed by atoms with Crippen molar-refractivity contribution in [1.82, 2.24) is 9.30 Å². The van der Waals surface area contributed by atoms with Crippen molar-refractivity contribution in [3.05, 3.63) is 73.5 Å². The van der Waals surface area contributed by atoms with Crippen LogP contribution in [0.5, 0.6) is 0 Å². The second-order valence-corrected chi connectivity index (χ2v) is 14.0. The zero-order valence-electron chi connectivity index (χ0n) is 25.8. The van der Waals surface area contributed by atoms with Gasteiger partial charge in [0.15, 0.2) is 10.1 Å². The molecule has 3 aromatic rings.